The van der Waals surface area contributed by atoms with E-state index in [2.05, 4.69) is 26.1 Å². The molecule has 0 atom stereocenters. The highest BCUT2D eigenvalue weighted by molar-refractivity contribution is 6.02. The van der Waals surface area contributed by atoms with Gasteiger partial charge < -0.3 is 14.8 Å². The van der Waals surface area contributed by atoms with E-state index in [1.165, 1.54) is 31.6 Å². The second-order valence-electron chi connectivity index (χ2n) is 7.52. The maximum Gasteiger partial charge on any atom is 0.244 e. The van der Waals surface area contributed by atoms with Crippen molar-refractivity contribution in [3.63, 3.8) is 0 Å². The molecule has 28 heavy (non-hydrogen) atoms. The number of amides is 2. The first-order chi connectivity index (χ1) is 13.2. The monoisotopic (exact) mass is 384 g/mol. The van der Waals surface area contributed by atoms with Crippen molar-refractivity contribution < 1.29 is 19.1 Å². The van der Waals surface area contributed by atoms with Gasteiger partial charge in [-0.3, -0.25) is 14.5 Å². The number of ether oxygens (including phenoxy) is 2. The Balaban J connectivity index is 2.19. The van der Waals surface area contributed by atoms with Crippen molar-refractivity contribution in [2.45, 2.75) is 33.1 Å². The Morgan fingerprint density at radius 3 is 2.14 bits per heavy atom. The van der Waals surface area contributed by atoms with E-state index in [4.69, 9.17) is 9.47 Å². The minimum absolute atomic E-state index is 0.0386. The minimum Gasteiger partial charge on any atom is -0.497 e. The molecule has 0 saturated carbocycles. The average molecular weight is 384 g/mol. The highest BCUT2D eigenvalue weighted by Crippen LogP contribution is 2.32. The molecule has 2 aromatic carbocycles. The zero-order valence-corrected chi connectivity index (χ0v) is 17.3. The molecule has 0 fully saturated rings. The Morgan fingerprint density at radius 2 is 1.64 bits per heavy atom. The molecule has 1 N–H and O–H groups in total. The van der Waals surface area contributed by atoms with Gasteiger partial charge in [0.1, 0.15) is 18.0 Å². The lowest BCUT2D eigenvalue weighted by Gasteiger charge is -2.23. The molecule has 150 valence electrons. The van der Waals surface area contributed by atoms with Crippen LogP contribution >= 0.6 is 0 Å². The summed E-state index contributed by atoms with van der Waals surface area (Å²) in [5.74, 6) is 0.479. The number of hydrogen-bond acceptors (Lipinski definition) is 4. The molecule has 2 amide bonds. The van der Waals surface area contributed by atoms with Crippen molar-refractivity contribution in [2.75, 3.05) is 31.0 Å². The largest absolute Gasteiger partial charge is 0.497 e. The molecule has 2 aromatic rings. The number of anilines is 2. The van der Waals surface area contributed by atoms with E-state index in [0.717, 1.165) is 0 Å². The summed E-state index contributed by atoms with van der Waals surface area (Å²) in [4.78, 5) is 26.1. The first-order valence-electron chi connectivity index (χ1n) is 9.06. The second kappa shape index (κ2) is 8.78. The summed E-state index contributed by atoms with van der Waals surface area (Å²) in [6.07, 6.45) is 0. The Morgan fingerprint density at radius 1 is 1.00 bits per heavy atom. The summed E-state index contributed by atoms with van der Waals surface area (Å²) in [5.41, 5.74) is 2.38. The molecule has 0 aromatic heterocycles. The van der Waals surface area contributed by atoms with E-state index in [9.17, 15) is 9.59 Å². The SMILES string of the molecule is COc1ccc(OC)c(N(CC(=O)Nc2ccc(C(C)(C)C)cc2)C(C)=O)c1. The summed E-state index contributed by atoms with van der Waals surface area (Å²) < 4.78 is 10.6. The van der Waals surface area contributed by atoms with Crippen molar-refractivity contribution in [3.05, 3.63) is 48.0 Å². The Hall–Kier alpha value is -3.02. The summed E-state index contributed by atoms with van der Waals surface area (Å²) >= 11 is 0. The van der Waals surface area contributed by atoms with Gasteiger partial charge in [0.2, 0.25) is 11.8 Å². The number of carbonyl (C=O) groups is 2. The topological polar surface area (TPSA) is 67.9 Å². The van der Waals surface area contributed by atoms with Gasteiger partial charge in [-0.25, -0.2) is 0 Å². The molecule has 0 saturated heterocycles. The molecule has 6 heteroatoms. The fraction of sp³-hybridized carbons (Fsp3) is 0.364. The molecule has 0 unspecified atom stereocenters. The van der Waals surface area contributed by atoms with Gasteiger partial charge in [-0.15, -0.1) is 0 Å². The molecule has 0 aliphatic carbocycles. The average Bonchev–Trinajstić information content (AvgIpc) is 2.65. The third-order valence-corrected chi connectivity index (χ3v) is 4.39. The predicted molar refractivity (Wildman–Crippen MR) is 111 cm³/mol. The number of benzene rings is 2. The lowest BCUT2D eigenvalue weighted by atomic mass is 9.87. The van der Waals surface area contributed by atoms with E-state index >= 15 is 0 Å². The van der Waals surface area contributed by atoms with Gasteiger partial charge in [0.15, 0.2) is 0 Å². The molecule has 0 aliphatic rings. The summed E-state index contributed by atoms with van der Waals surface area (Å²) in [5, 5.41) is 2.84. The smallest absolute Gasteiger partial charge is 0.244 e. The molecular formula is C22H28N2O4. The van der Waals surface area contributed by atoms with Gasteiger partial charge in [0.05, 0.1) is 19.9 Å². The van der Waals surface area contributed by atoms with Crippen molar-refractivity contribution in [3.8, 4) is 11.5 Å². The molecule has 0 bridgehead atoms. The first-order valence-corrected chi connectivity index (χ1v) is 9.06. The first kappa shape index (κ1) is 21.3. The van der Waals surface area contributed by atoms with Crippen molar-refractivity contribution in [1.29, 1.82) is 0 Å². The highest BCUT2D eigenvalue weighted by Gasteiger charge is 2.21. The fourth-order valence-corrected chi connectivity index (χ4v) is 2.77. The van der Waals surface area contributed by atoms with E-state index < -0.39 is 0 Å². The van der Waals surface area contributed by atoms with Crippen molar-refractivity contribution >= 4 is 23.2 Å². The Labute approximate surface area is 166 Å². The highest BCUT2D eigenvalue weighted by atomic mass is 16.5. The van der Waals surface area contributed by atoms with Crippen LogP contribution < -0.4 is 19.7 Å². The van der Waals surface area contributed by atoms with Gasteiger partial charge in [-0.05, 0) is 35.2 Å². The van der Waals surface area contributed by atoms with Gasteiger partial charge >= 0.3 is 0 Å². The van der Waals surface area contributed by atoms with Crippen LogP contribution in [0.5, 0.6) is 11.5 Å². The maximum atomic E-state index is 12.6. The van der Waals surface area contributed by atoms with Gasteiger partial charge in [-0.1, -0.05) is 32.9 Å². The summed E-state index contributed by atoms with van der Waals surface area (Å²) in [6, 6.07) is 12.8. The third kappa shape index (κ3) is 5.25. The van der Waals surface area contributed by atoms with Gasteiger partial charge in [-0.2, -0.15) is 0 Å². The normalized spacial score (nSPS) is 10.9. The van der Waals surface area contributed by atoms with Crippen LogP contribution in [0.1, 0.15) is 33.3 Å². The molecular weight excluding hydrogens is 356 g/mol. The lowest BCUT2D eigenvalue weighted by Crippen LogP contribution is -2.37. The molecule has 2 rings (SSSR count). The molecule has 0 aliphatic heterocycles. The number of nitrogens with zero attached hydrogens (tertiary/aromatic N) is 1. The zero-order valence-electron chi connectivity index (χ0n) is 17.3. The third-order valence-electron chi connectivity index (χ3n) is 4.39. The Bertz CT molecular complexity index is 839. The van der Waals surface area contributed by atoms with Crippen LogP contribution in [0.25, 0.3) is 0 Å². The quantitative estimate of drug-likeness (QED) is 0.818. The number of hydrogen-bond donors (Lipinski definition) is 1. The van der Waals surface area contributed by atoms with Crippen LogP contribution in [0, 0.1) is 0 Å². The standard InChI is InChI=1S/C22H28N2O4/c1-15(25)24(19-13-18(27-5)11-12-20(19)28-6)14-21(26)23-17-9-7-16(8-10-17)22(2,3)4/h7-13H,14H2,1-6H3,(H,23,26). The minimum atomic E-state index is -0.302. The van der Waals surface area contributed by atoms with Gasteiger partial charge in [0, 0.05) is 18.7 Å². The van der Waals surface area contributed by atoms with Crippen molar-refractivity contribution in [2.24, 2.45) is 0 Å². The zero-order chi connectivity index (χ0) is 20.9. The molecule has 0 heterocycles. The lowest BCUT2D eigenvalue weighted by molar-refractivity contribution is -0.120. The van der Waals surface area contributed by atoms with Crippen LogP contribution in [0.3, 0.4) is 0 Å². The predicted octanol–water partition coefficient (Wildman–Crippen LogP) is 3.99. The van der Waals surface area contributed by atoms with E-state index in [1.54, 1.807) is 18.2 Å². The molecule has 0 radical (unpaired) electrons. The maximum absolute atomic E-state index is 12.6. The molecule has 6 nitrogen and oxygen atoms in total. The molecule has 0 spiro atoms. The summed E-state index contributed by atoms with van der Waals surface area (Å²) in [7, 11) is 3.05. The van der Waals surface area contributed by atoms with Crippen molar-refractivity contribution in [1.82, 2.24) is 0 Å². The van der Waals surface area contributed by atoms with Crippen LogP contribution in [0.2, 0.25) is 0 Å². The van der Waals surface area contributed by atoms with E-state index in [0.29, 0.717) is 22.9 Å². The Kier molecular flexibility index (Phi) is 6.67. The van der Waals surface area contributed by atoms with Crippen LogP contribution in [0.15, 0.2) is 42.5 Å². The number of nitrogens with one attached hydrogen (secondary N) is 1. The van der Waals surface area contributed by atoms with E-state index in [-0.39, 0.29) is 23.8 Å². The summed E-state index contributed by atoms with van der Waals surface area (Å²) in [6.45, 7) is 7.66. The second-order valence-corrected chi connectivity index (χ2v) is 7.52. The van der Waals surface area contributed by atoms with E-state index in [1.807, 2.05) is 24.3 Å². The number of rotatable bonds is 6. The fourth-order valence-electron chi connectivity index (χ4n) is 2.77. The van der Waals surface area contributed by atoms with Crippen LogP contribution in [-0.4, -0.2) is 32.6 Å². The van der Waals surface area contributed by atoms with Gasteiger partial charge in [0.25, 0.3) is 0 Å². The van der Waals surface area contributed by atoms with Crippen LogP contribution in [0.4, 0.5) is 11.4 Å². The number of carbonyl (C=O) groups excluding carboxylic acids is 2. The van der Waals surface area contributed by atoms with Crippen LogP contribution in [-0.2, 0) is 15.0 Å². The number of methoxy groups -OCH3 is 2.